The second-order valence-corrected chi connectivity index (χ2v) is 5.01. The van der Waals surface area contributed by atoms with Crippen LogP contribution in [0.3, 0.4) is 0 Å². The Hall–Kier alpha value is -2.55. The van der Waals surface area contributed by atoms with Gasteiger partial charge in [-0.1, -0.05) is 30.3 Å². The minimum Gasteiger partial charge on any atom is -0.397 e. The molecule has 0 aliphatic rings. The van der Waals surface area contributed by atoms with Crippen LogP contribution in [0.1, 0.15) is 11.1 Å². The summed E-state index contributed by atoms with van der Waals surface area (Å²) in [5, 5.41) is 4.49. The summed E-state index contributed by atoms with van der Waals surface area (Å²) in [6, 6.07) is 16.0. The Balaban J connectivity index is 2.09. The predicted molar refractivity (Wildman–Crippen MR) is 85.4 cm³/mol. The van der Waals surface area contributed by atoms with Gasteiger partial charge in [0.2, 0.25) is 0 Å². The maximum atomic E-state index is 5.96. The Morgan fingerprint density at radius 3 is 2.55 bits per heavy atom. The lowest BCUT2D eigenvalue weighted by Crippen LogP contribution is -1.99. The van der Waals surface area contributed by atoms with Crippen LogP contribution in [0.25, 0.3) is 10.9 Å². The van der Waals surface area contributed by atoms with Gasteiger partial charge in [-0.05, 0) is 43.2 Å². The van der Waals surface area contributed by atoms with E-state index in [1.54, 1.807) is 0 Å². The fourth-order valence-corrected chi connectivity index (χ4v) is 2.37. The van der Waals surface area contributed by atoms with Crippen LogP contribution in [0.15, 0.2) is 48.5 Å². The molecule has 0 bridgehead atoms. The Morgan fingerprint density at radius 1 is 0.950 bits per heavy atom. The number of hydrogen-bond acceptors (Lipinski definition) is 3. The first kappa shape index (κ1) is 12.5. The number of rotatable bonds is 2. The van der Waals surface area contributed by atoms with Gasteiger partial charge < -0.3 is 11.1 Å². The molecule has 0 amide bonds. The van der Waals surface area contributed by atoms with E-state index in [1.165, 1.54) is 16.5 Å². The Bertz CT molecular complexity index is 778. The fourth-order valence-electron chi connectivity index (χ4n) is 2.37. The lowest BCUT2D eigenvalue weighted by atomic mass is 10.1. The molecule has 3 rings (SSSR count). The highest BCUT2D eigenvalue weighted by Gasteiger charge is 2.06. The van der Waals surface area contributed by atoms with Crippen LogP contribution in [-0.4, -0.2) is 4.98 Å². The molecule has 0 saturated carbocycles. The average Bonchev–Trinajstić information content (AvgIpc) is 2.43. The van der Waals surface area contributed by atoms with Crippen LogP contribution in [0.4, 0.5) is 17.2 Å². The molecule has 0 unspecified atom stereocenters. The van der Waals surface area contributed by atoms with Gasteiger partial charge in [-0.25, -0.2) is 4.98 Å². The van der Waals surface area contributed by atoms with Crippen LogP contribution in [0.5, 0.6) is 0 Å². The van der Waals surface area contributed by atoms with Crippen LogP contribution in [-0.2, 0) is 0 Å². The molecule has 2 aromatic carbocycles. The molecule has 0 aliphatic carbocycles. The van der Waals surface area contributed by atoms with Crippen LogP contribution >= 0.6 is 0 Å². The minimum absolute atomic E-state index is 0.719. The second-order valence-electron chi connectivity index (χ2n) is 5.01. The van der Waals surface area contributed by atoms with Crippen molar-refractivity contribution >= 4 is 28.1 Å². The summed E-state index contributed by atoms with van der Waals surface area (Å²) in [6.45, 7) is 4.18. The van der Waals surface area contributed by atoms with Gasteiger partial charge in [0.15, 0.2) is 0 Å². The van der Waals surface area contributed by atoms with Crippen molar-refractivity contribution in [2.75, 3.05) is 11.1 Å². The van der Waals surface area contributed by atoms with Crippen molar-refractivity contribution in [1.29, 1.82) is 0 Å². The number of nitrogen functional groups attached to an aromatic ring is 1. The molecule has 3 N–H and O–H groups in total. The maximum Gasteiger partial charge on any atom is 0.131 e. The molecule has 0 fully saturated rings. The number of aryl methyl sites for hydroxylation is 2. The lowest BCUT2D eigenvalue weighted by Gasteiger charge is -2.11. The van der Waals surface area contributed by atoms with E-state index in [0.717, 1.165) is 22.7 Å². The number of pyridine rings is 1. The van der Waals surface area contributed by atoms with Crippen molar-refractivity contribution in [3.05, 3.63) is 59.7 Å². The molecule has 20 heavy (non-hydrogen) atoms. The summed E-state index contributed by atoms with van der Waals surface area (Å²) in [6.07, 6.45) is 0. The van der Waals surface area contributed by atoms with Crippen molar-refractivity contribution in [2.24, 2.45) is 0 Å². The molecule has 0 spiro atoms. The van der Waals surface area contributed by atoms with E-state index in [9.17, 15) is 0 Å². The number of anilines is 3. The topological polar surface area (TPSA) is 50.9 Å². The highest BCUT2D eigenvalue weighted by atomic mass is 15.0. The summed E-state index contributed by atoms with van der Waals surface area (Å²) in [5.41, 5.74) is 11.0. The SMILES string of the molecule is Cc1cc(Nc2ccccc2N)nc2c(C)cccc12. The Morgan fingerprint density at radius 2 is 1.75 bits per heavy atom. The second kappa shape index (κ2) is 4.85. The van der Waals surface area contributed by atoms with Crippen LogP contribution in [0, 0.1) is 13.8 Å². The smallest absolute Gasteiger partial charge is 0.131 e. The Kier molecular flexibility index (Phi) is 3.03. The fraction of sp³-hybridized carbons (Fsp3) is 0.118. The number of benzene rings is 2. The van der Waals surface area contributed by atoms with Gasteiger partial charge in [-0.3, -0.25) is 0 Å². The van der Waals surface area contributed by atoms with Crippen molar-refractivity contribution in [1.82, 2.24) is 4.98 Å². The van der Waals surface area contributed by atoms with Crippen molar-refractivity contribution in [3.63, 3.8) is 0 Å². The van der Waals surface area contributed by atoms with Crippen LogP contribution in [0.2, 0.25) is 0 Å². The van der Waals surface area contributed by atoms with Gasteiger partial charge in [0.1, 0.15) is 5.82 Å². The first-order valence-corrected chi connectivity index (χ1v) is 6.63. The minimum atomic E-state index is 0.719. The first-order chi connectivity index (χ1) is 9.65. The molecule has 1 heterocycles. The number of para-hydroxylation sites is 3. The molecule has 0 radical (unpaired) electrons. The predicted octanol–water partition coefficient (Wildman–Crippen LogP) is 4.18. The van der Waals surface area contributed by atoms with Crippen molar-refractivity contribution < 1.29 is 0 Å². The molecule has 3 nitrogen and oxygen atoms in total. The molecule has 100 valence electrons. The third-order valence-corrected chi connectivity index (χ3v) is 3.47. The molecule has 0 aliphatic heterocycles. The molecular formula is C17H17N3. The van der Waals surface area contributed by atoms with E-state index in [0.29, 0.717) is 0 Å². The molecular weight excluding hydrogens is 246 g/mol. The summed E-state index contributed by atoms with van der Waals surface area (Å²) < 4.78 is 0. The van der Waals surface area contributed by atoms with Gasteiger partial charge >= 0.3 is 0 Å². The third kappa shape index (κ3) is 2.18. The molecule has 0 saturated heterocycles. The van der Waals surface area contributed by atoms with Gasteiger partial charge in [0, 0.05) is 5.39 Å². The molecule has 3 heteroatoms. The Labute approximate surface area is 118 Å². The number of aromatic nitrogens is 1. The summed E-state index contributed by atoms with van der Waals surface area (Å²) in [4.78, 5) is 4.71. The zero-order valence-corrected chi connectivity index (χ0v) is 11.6. The van der Waals surface area contributed by atoms with Gasteiger partial charge in [0.05, 0.1) is 16.9 Å². The summed E-state index contributed by atoms with van der Waals surface area (Å²) in [5.74, 6) is 0.821. The largest absolute Gasteiger partial charge is 0.397 e. The average molecular weight is 263 g/mol. The highest BCUT2D eigenvalue weighted by Crippen LogP contribution is 2.26. The lowest BCUT2D eigenvalue weighted by molar-refractivity contribution is 1.32. The van der Waals surface area contributed by atoms with Crippen molar-refractivity contribution in [3.8, 4) is 0 Å². The van der Waals surface area contributed by atoms with Crippen molar-refractivity contribution in [2.45, 2.75) is 13.8 Å². The normalized spacial score (nSPS) is 10.7. The molecule has 1 aromatic heterocycles. The number of nitrogens with one attached hydrogen (secondary N) is 1. The zero-order valence-electron chi connectivity index (χ0n) is 11.6. The van der Waals surface area contributed by atoms with Gasteiger partial charge in [-0.15, -0.1) is 0 Å². The number of fused-ring (bicyclic) bond motifs is 1. The summed E-state index contributed by atoms with van der Waals surface area (Å²) in [7, 11) is 0. The maximum absolute atomic E-state index is 5.96. The van der Waals surface area contributed by atoms with E-state index in [-0.39, 0.29) is 0 Å². The number of nitrogens with zero attached hydrogens (tertiary/aromatic N) is 1. The first-order valence-electron chi connectivity index (χ1n) is 6.63. The highest BCUT2D eigenvalue weighted by molar-refractivity contribution is 5.87. The van der Waals surface area contributed by atoms with E-state index in [4.69, 9.17) is 10.7 Å². The van der Waals surface area contributed by atoms with E-state index in [1.807, 2.05) is 30.3 Å². The van der Waals surface area contributed by atoms with Gasteiger partial charge in [0.25, 0.3) is 0 Å². The van der Waals surface area contributed by atoms with E-state index >= 15 is 0 Å². The standard InChI is InChI=1S/C17H17N3/c1-11-6-5-7-13-12(2)10-16(20-17(11)13)19-15-9-4-3-8-14(15)18/h3-10H,18H2,1-2H3,(H,19,20). The monoisotopic (exact) mass is 263 g/mol. The zero-order chi connectivity index (χ0) is 14.1. The quantitative estimate of drug-likeness (QED) is 0.682. The van der Waals surface area contributed by atoms with Crippen LogP contribution < -0.4 is 11.1 Å². The number of hydrogen-bond donors (Lipinski definition) is 2. The molecule has 3 aromatic rings. The summed E-state index contributed by atoms with van der Waals surface area (Å²) >= 11 is 0. The van der Waals surface area contributed by atoms with Gasteiger partial charge in [-0.2, -0.15) is 0 Å². The van der Waals surface area contributed by atoms with E-state index in [2.05, 4.69) is 37.4 Å². The molecule has 0 atom stereocenters. The number of nitrogens with two attached hydrogens (primary N) is 1. The third-order valence-electron chi connectivity index (χ3n) is 3.47. The van der Waals surface area contributed by atoms with E-state index < -0.39 is 0 Å².